The summed E-state index contributed by atoms with van der Waals surface area (Å²) in [5, 5.41) is 3.08. The maximum Gasteiger partial charge on any atom is 0.229 e. The van der Waals surface area contributed by atoms with Crippen LogP contribution in [0.4, 0.5) is 11.4 Å². The molecule has 1 fully saturated rings. The molecule has 0 saturated carbocycles. The minimum Gasteiger partial charge on any atom is -0.497 e. The zero-order chi connectivity index (χ0) is 24.9. The van der Waals surface area contributed by atoms with Crippen molar-refractivity contribution in [1.29, 1.82) is 0 Å². The number of methoxy groups -OCH3 is 2. The highest BCUT2D eigenvalue weighted by molar-refractivity contribution is 6.00. The molecule has 1 aliphatic heterocycles. The molecule has 0 radical (unpaired) electrons. The molecule has 1 aliphatic rings. The van der Waals surface area contributed by atoms with Crippen LogP contribution in [0.3, 0.4) is 0 Å². The third kappa shape index (κ3) is 5.32. The molecule has 2 amide bonds. The number of ether oxygens (including phenoxy) is 2. The highest BCUT2D eigenvalue weighted by Crippen LogP contribution is 2.41. The standard InChI is InChI=1S/C29H32N2O4/c1-19(2)20-5-9-22(10-6-20)30-29(33)26-17-18-27(32)31(23-11-15-25(35-4)16-12-23)28(26)21-7-13-24(34-3)14-8-21/h5-16,19,26,28H,17-18H2,1-4H3,(H,30,33)/t26-,28-/m1/s1. The van der Waals surface area contributed by atoms with E-state index < -0.39 is 12.0 Å². The lowest BCUT2D eigenvalue weighted by atomic mass is 9.83. The Kier molecular flexibility index (Phi) is 7.39. The quantitative estimate of drug-likeness (QED) is 0.461. The first-order valence-electron chi connectivity index (χ1n) is 11.9. The monoisotopic (exact) mass is 472 g/mol. The molecule has 2 atom stereocenters. The average molecular weight is 473 g/mol. The maximum atomic E-state index is 13.6. The fourth-order valence-electron chi connectivity index (χ4n) is 4.58. The van der Waals surface area contributed by atoms with Crippen molar-refractivity contribution in [2.24, 2.45) is 5.92 Å². The van der Waals surface area contributed by atoms with Gasteiger partial charge >= 0.3 is 0 Å². The van der Waals surface area contributed by atoms with Gasteiger partial charge in [0.25, 0.3) is 0 Å². The van der Waals surface area contributed by atoms with Crippen LogP contribution in [0.2, 0.25) is 0 Å². The number of amides is 2. The molecule has 1 saturated heterocycles. The zero-order valence-electron chi connectivity index (χ0n) is 20.7. The van der Waals surface area contributed by atoms with Gasteiger partial charge in [-0.2, -0.15) is 0 Å². The second-order valence-corrected chi connectivity index (χ2v) is 9.09. The van der Waals surface area contributed by atoms with Crippen LogP contribution in [0.5, 0.6) is 11.5 Å². The van der Waals surface area contributed by atoms with E-state index in [1.807, 2.05) is 72.8 Å². The van der Waals surface area contributed by atoms with E-state index in [9.17, 15) is 9.59 Å². The SMILES string of the molecule is COc1ccc([C@@H]2[C@H](C(=O)Nc3ccc(C(C)C)cc3)CCC(=O)N2c2ccc(OC)cc2)cc1. The molecule has 0 unspecified atom stereocenters. The zero-order valence-corrected chi connectivity index (χ0v) is 20.7. The summed E-state index contributed by atoms with van der Waals surface area (Å²) in [5.74, 6) is 1.31. The summed E-state index contributed by atoms with van der Waals surface area (Å²) in [6, 6.07) is 22.4. The average Bonchev–Trinajstić information content (AvgIpc) is 2.89. The Labute approximate surface area is 206 Å². The summed E-state index contributed by atoms with van der Waals surface area (Å²) in [7, 11) is 3.22. The molecule has 0 bridgehead atoms. The first kappa shape index (κ1) is 24.3. The lowest BCUT2D eigenvalue weighted by molar-refractivity contribution is -0.125. The van der Waals surface area contributed by atoms with Gasteiger partial charge in [0.05, 0.1) is 26.2 Å². The molecule has 35 heavy (non-hydrogen) atoms. The Morgan fingerprint density at radius 2 is 1.46 bits per heavy atom. The van der Waals surface area contributed by atoms with E-state index in [4.69, 9.17) is 9.47 Å². The van der Waals surface area contributed by atoms with Crippen LogP contribution in [-0.4, -0.2) is 26.0 Å². The van der Waals surface area contributed by atoms with E-state index in [-0.39, 0.29) is 11.8 Å². The molecule has 1 N–H and O–H groups in total. The number of benzene rings is 3. The van der Waals surface area contributed by atoms with Crippen molar-refractivity contribution in [3.05, 3.63) is 83.9 Å². The Bertz CT molecular complexity index is 1150. The first-order chi connectivity index (χ1) is 16.9. The number of nitrogens with zero attached hydrogens (tertiary/aromatic N) is 1. The van der Waals surface area contributed by atoms with E-state index in [2.05, 4.69) is 19.2 Å². The summed E-state index contributed by atoms with van der Waals surface area (Å²) in [5.41, 5.74) is 3.58. The van der Waals surface area contributed by atoms with Gasteiger partial charge < -0.3 is 19.7 Å². The molecule has 0 spiro atoms. The fourth-order valence-corrected chi connectivity index (χ4v) is 4.58. The van der Waals surface area contributed by atoms with Crippen LogP contribution < -0.4 is 19.7 Å². The summed E-state index contributed by atoms with van der Waals surface area (Å²) in [6.07, 6.45) is 0.765. The van der Waals surface area contributed by atoms with Crippen molar-refractivity contribution in [2.45, 2.75) is 38.6 Å². The van der Waals surface area contributed by atoms with E-state index >= 15 is 0 Å². The highest BCUT2D eigenvalue weighted by atomic mass is 16.5. The topological polar surface area (TPSA) is 67.9 Å². The van der Waals surface area contributed by atoms with Gasteiger partial charge in [0, 0.05) is 17.8 Å². The lowest BCUT2D eigenvalue weighted by Gasteiger charge is -2.41. The van der Waals surface area contributed by atoms with Crippen molar-refractivity contribution < 1.29 is 19.1 Å². The van der Waals surface area contributed by atoms with Crippen molar-refractivity contribution >= 4 is 23.2 Å². The van der Waals surface area contributed by atoms with Crippen LogP contribution in [0.1, 0.15) is 49.8 Å². The van der Waals surface area contributed by atoms with Gasteiger partial charge in [-0.3, -0.25) is 9.59 Å². The Hall–Kier alpha value is -3.80. The normalized spacial score (nSPS) is 17.9. The Morgan fingerprint density at radius 3 is 2.00 bits per heavy atom. The van der Waals surface area contributed by atoms with E-state index in [0.29, 0.717) is 24.5 Å². The third-order valence-electron chi connectivity index (χ3n) is 6.59. The van der Waals surface area contributed by atoms with Crippen LogP contribution in [-0.2, 0) is 9.59 Å². The highest BCUT2D eigenvalue weighted by Gasteiger charge is 2.41. The largest absolute Gasteiger partial charge is 0.497 e. The van der Waals surface area contributed by atoms with Crippen molar-refractivity contribution in [1.82, 2.24) is 0 Å². The molecule has 3 aromatic rings. The van der Waals surface area contributed by atoms with Gasteiger partial charge in [-0.1, -0.05) is 38.1 Å². The third-order valence-corrected chi connectivity index (χ3v) is 6.59. The molecule has 4 rings (SSSR count). The minimum atomic E-state index is -0.453. The predicted octanol–water partition coefficient (Wildman–Crippen LogP) is 5.95. The van der Waals surface area contributed by atoms with Crippen molar-refractivity contribution in [3.8, 4) is 11.5 Å². The molecule has 182 valence electrons. The molecule has 6 nitrogen and oxygen atoms in total. The van der Waals surface area contributed by atoms with E-state index in [0.717, 1.165) is 22.7 Å². The second-order valence-electron chi connectivity index (χ2n) is 9.09. The predicted molar refractivity (Wildman–Crippen MR) is 138 cm³/mol. The van der Waals surface area contributed by atoms with Gasteiger partial charge in [0.2, 0.25) is 11.8 Å². The van der Waals surface area contributed by atoms with Crippen LogP contribution in [0.25, 0.3) is 0 Å². The molecule has 3 aromatic carbocycles. The molecular formula is C29H32N2O4. The molecule has 0 aliphatic carbocycles. The number of rotatable bonds is 7. The first-order valence-corrected chi connectivity index (χ1v) is 11.9. The number of piperidine rings is 1. The van der Waals surface area contributed by atoms with Gasteiger partial charge in [-0.15, -0.1) is 0 Å². The van der Waals surface area contributed by atoms with Gasteiger partial charge in [-0.05, 0) is 72.0 Å². The van der Waals surface area contributed by atoms with Gasteiger partial charge in [0.15, 0.2) is 0 Å². The summed E-state index contributed by atoms with van der Waals surface area (Å²) in [6.45, 7) is 4.28. The Morgan fingerprint density at radius 1 is 0.886 bits per heavy atom. The number of anilines is 2. The number of hydrogen-bond donors (Lipinski definition) is 1. The molecule has 1 heterocycles. The van der Waals surface area contributed by atoms with Gasteiger partial charge in [0.1, 0.15) is 11.5 Å². The maximum absolute atomic E-state index is 13.6. The van der Waals surface area contributed by atoms with Gasteiger partial charge in [-0.25, -0.2) is 0 Å². The van der Waals surface area contributed by atoms with Crippen molar-refractivity contribution in [2.75, 3.05) is 24.4 Å². The van der Waals surface area contributed by atoms with Crippen molar-refractivity contribution in [3.63, 3.8) is 0 Å². The molecule has 6 heteroatoms. The molecular weight excluding hydrogens is 440 g/mol. The lowest BCUT2D eigenvalue weighted by Crippen LogP contribution is -2.46. The number of nitrogens with one attached hydrogen (secondary N) is 1. The van der Waals surface area contributed by atoms with Crippen LogP contribution >= 0.6 is 0 Å². The molecule has 0 aromatic heterocycles. The second kappa shape index (κ2) is 10.6. The smallest absolute Gasteiger partial charge is 0.229 e. The summed E-state index contributed by atoms with van der Waals surface area (Å²) in [4.78, 5) is 28.6. The summed E-state index contributed by atoms with van der Waals surface area (Å²) >= 11 is 0. The van der Waals surface area contributed by atoms with Crippen LogP contribution in [0.15, 0.2) is 72.8 Å². The van der Waals surface area contributed by atoms with E-state index in [1.165, 1.54) is 5.56 Å². The summed E-state index contributed by atoms with van der Waals surface area (Å²) < 4.78 is 10.6. The fraction of sp³-hybridized carbons (Fsp3) is 0.310. The van der Waals surface area contributed by atoms with Crippen LogP contribution in [0, 0.1) is 5.92 Å². The van der Waals surface area contributed by atoms with E-state index in [1.54, 1.807) is 19.1 Å². The number of carbonyl (C=O) groups is 2. The number of hydrogen-bond acceptors (Lipinski definition) is 4. The minimum absolute atomic E-state index is 0.0127. The number of carbonyl (C=O) groups excluding carboxylic acids is 2. The Balaban J connectivity index is 1.69.